The Morgan fingerprint density at radius 1 is 0.806 bits per heavy atom. The summed E-state index contributed by atoms with van der Waals surface area (Å²) in [6.07, 6.45) is 1.38. The Morgan fingerprint density at radius 3 is 1.92 bits per heavy atom. The van der Waals surface area contributed by atoms with Gasteiger partial charge >= 0.3 is 0 Å². The summed E-state index contributed by atoms with van der Waals surface area (Å²) in [6.45, 7) is 11.5. The van der Waals surface area contributed by atoms with Crippen molar-refractivity contribution in [1.82, 2.24) is 16.0 Å². The van der Waals surface area contributed by atoms with E-state index in [2.05, 4.69) is 16.0 Å². The molecule has 4 atom stereocenters. The smallest absolute Gasteiger partial charge is 0.243 e. The number of hydrogen-bond acceptors (Lipinski definition) is 5. The van der Waals surface area contributed by atoms with E-state index in [9.17, 15) is 19.2 Å². The highest BCUT2D eigenvalue weighted by atomic mass is 16.2. The molecule has 1 aromatic carbocycles. The van der Waals surface area contributed by atoms with Crippen LogP contribution < -0.4 is 27.4 Å². The van der Waals surface area contributed by atoms with Gasteiger partial charge in [-0.1, -0.05) is 71.9 Å². The van der Waals surface area contributed by atoms with Crippen LogP contribution in [0.1, 0.15) is 66.4 Å². The van der Waals surface area contributed by atoms with E-state index in [1.165, 1.54) is 0 Å². The molecule has 1 rings (SSSR count). The predicted octanol–water partition coefficient (Wildman–Crippen LogP) is 1.63. The lowest BCUT2D eigenvalue weighted by Crippen LogP contribution is -2.57. The second-order valence-electron chi connectivity index (χ2n) is 10.7. The molecule has 0 aromatic heterocycles. The summed E-state index contributed by atoms with van der Waals surface area (Å²) in [5.74, 6) is -1.52. The molecule has 0 bridgehead atoms. The molecule has 4 amide bonds. The number of carbonyl (C=O) groups is 4. The van der Waals surface area contributed by atoms with E-state index in [4.69, 9.17) is 11.5 Å². The average molecular weight is 504 g/mol. The van der Waals surface area contributed by atoms with E-state index < -0.39 is 36.0 Å². The lowest BCUT2D eigenvalue weighted by atomic mass is 9.96. The van der Waals surface area contributed by atoms with Crippen LogP contribution in [0.5, 0.6) is 0 Å². The largest absolute Gasteiger partial charge is 0.368 e. The lowest BCUT2D eigenvalue weighted by Gasteiger charge is -2.29. The van der Waals surface area contributed by atoms with Gasteiger partial charge in [0.2, 0.25) is 23.6 Å². The van der Waals surface area contributed by atoms with E-state index in [-0.39, 0.29) is 36.0 Å². The maximum atomic E-state index is 13.3. The summed E-state index contributed by atoms with van der Waals surface area (Å²) in [4.78, 5) is 50.4. The Balaban J connectivity index is 3.01. The van der Waals surface area contributed by atoms with Gasteiger partial charge in [0.15, 0.2) is 0 Å². The van der Waals surface area contributed by atoms with Crippen LogP contribution in [-0.2, 0) is 25.6 Å². The summed E-state index contributed by atoms with van der Waals surface area (Å²) >= 11 is 0. The van der Waals surface area contributed by atoms with Crippen molar-refractivity contribution in [3.05, 3.63) is 35.9 Å². The summed E-state index contributed by atoms with van der Waals surface area (Å²) in [7, 11) is 0. The van der Waals surface area contributed by atoms with Gasteiger partial charge in [-0.15, -0.1) is 0 Å². The fraction of sp³-hybridized carbons (Fsp3) is 0.630. The molecular weight excluding hydrogens is 458 g/mol. The van der Waals surface area contributed by atoms with Crippen molar-refractivity contribution < 1.29 is 19.2 Å². The predicted molar refractivity (Wildman–Crippen MR) is 141 cm³/mol. The van der Waals surface area contributed by atoms with Crippen LogP contribution >= 0.6 is 0 Å². The molecule has 9 nitrogen and oxygen atoms in total. The first kappa shape index (κ1) is 31.1. The van der Waals surface area contributed by atoms with Crippen molar-refractivity contribution in [2.75, 3.05) is 0 Å². The first-order valence-corrected chi connectivity index (χ1v) is 12.8. The van der Waals surface area contributed by atoms with E-state index in [0.29, 0.717) is 19.3 Å². The number of rotatable bonds is 15. The number of nitrogens with two attached hydrogens (primary N) is 2. The van der Waals surface area contributed by atoms with Gasteiger partial charge in [0.25, 0.3) is 0 Å². The monoisotopic (exact) mass is 503 g/mol. The van der Waals surface area contributed by atoms with Crippen molar-refractivity contribution in [3.63, 3.8) is 0 Å². The maximum absolute atomic E-state index is 13.3. The van der Waals surface area contributed by atoms with Crippen molar-refractivity contribution in [2.24, 2.45) is 29.2 Å². The van der Waals surface area contributed by atoms with Crippen molar-refractivity contribution in [1.29, 1.82) is 0 Å². The quantitative estimate of drug-likeness (QED) is 0.246. The minimum atomic E-state index is -0.919. The summed E-state index contributed by atoms with van der Waals surface area (Å²) < 4.78 is 0. The Hall–Kier alpha value is -2.94. The average Bonchev–Trinajstić information content (AvgIpc) is 2.76. The molecule has 36 heavy (non-hydrogen) atoms. The second-order valence-corrected chi connectivity index (χ2v) is 10.7. The zero-order chi connectivity index (χ0) is 27.4. The summed E-state index contributed by atoms with van der Waals surface area (Å²) in [6, 6.07) is 6.56. The molecule has 0 aliphatic rings. The standard InChI is InChI=1S/C27H45N5O4/c1-16(2)12-22(31-23(33)13-17(3)4)26(35)32-24(18(5)6)27(36)30-20(15-21(28)25(29)34)14-19-10-8-7-9-11-19/h7-11,16-18,20-22,24H,12-15,28H2,1-6H3,(H2,29,34)(H,30,36)(H,31,33)(H,32,35). The van der Waals surface area contributed by atoms with Gasteiger partial charge in [-0.05, 0) is 42.6 Å². The normalized spacial score (nSPS) is 14.7. The minimum Gasteiger partial charge on any atom is -0.368 e. The minimum absolute atomic E-state index is 0.162. The van der Waals surface area contributed by atoms with Gasteiger partial charge in [-0.2, -0.15) is 0 Å². The number of nitrogens with one attached hydrogen (secondary N) is 3. The van der Waals surface area contributed by atoms with Crippen LogP contribution in [0.3, 0.4) is 0 Å². The highest BCUT2D eigenvalue weighted by Gasteiger charge is 2.31. The fourth-order valence-corrected chi connectivity index (χ4v) is 3.92. The van der Waals surface area contributed by atoms with Crippen LogP contribution in [0.4, 0.5) is 0 Å². The molecule has 9 heteroatoms. The molecule has 0 fully saturated rings. The second kappa shape index (κ2) is 15.2. The zero-order valence-electron chi connectivity index (χ0n) is 22.5. The molecule has 0 heterocycles. The molecule has 0 radical (unpaired) electrons. The molecule has 4 unspecified atom stereocenters. The van der Waals surface area contributed by atoms with E-state index in [0.717, 1.165) is 5.56 Å². The number of carbonyl (C=O) groups excluding carboxylic acids is 4. The molecular formula is C27H45N5O4. The first-order valence-electron chi connectivity index (χ1n) is 12.8. The third kappa shape index (κ3) is 11.7. The Kier molecular flexibility index (Phi) is 13.2. The van der Waals surface area contributed by atoms with Gasteiger partial charge in [-0.3, -0.25) is 19.2 Å². The van der Waals surface area contributed by atoms with Crippen molar-refractivity contribution in [2.45, 2.75) is 91.4 Å². The van der Waals surface area contributed by atoms with Gasteiger partial charge in [0.1, 0.15) is 12.1 Å². The molecule has 0 spiro atoms. The lowest BCUT2D eigenvalue weighted by molar-refractivity contribution is -0.133. The first-order chi connectivity index (χ1) is 16.8. The Bertz CT molecular complexity index is 857. The molecule has 0 aliphatic carbocycles. The number of primary amides is 1. The van der Waals surface area contributed by atoms with Crippen molar-refractivity contribution >= 4 is 23.6 Å². The van der Waals surface area contributed by atoms with E-state index >= 15 is 0 Å². The Morgan fingerprint density at radius 2 is 1.42 bits per heavy atom. The van der Waals surface area contributed by atoms with Crippen molar-refractivity contribution in [3.8, 4) is 0 Å². The molecule has 1 aromatic rings. The topological polar surface area (TPSA) is 156 Å². The van der Waals surface area contributed by atoms with Gasteiger partial charge < -0.3 is 27.4 Å². The SMILES string of the molecule is CC(C)CC(=O)NC(CC(C)C)C(=O)NC(C(=O)NC(Cc1ccccc1)CC(N)C(N)=O)C(C)C. The van der Waals surface area contributed by atoms with Crippen LogP contribution in [0.2, 0.25) is 0 Å². The molecule has 0 saturated carbocycles. The number of benzene rings is 1. The zero-order valence-corrected chi connectivity index (χ0v) is 22.5. The van der Waals surface area contributed by atoms with E-state index in [1.807, 2.05) is 71.9 Å². The molecule has 0 saturated heterocycles. The van der Waals surface area contributed by atoms with Gasteiger partial charge in [0.05, 0.1) is 6.04 Å². The maximum Gasteiger partial charge on any atom is 0.243 e. The van der Waals surface area contributed by atoms with Crippen LogP contribution in [0.15, 0.2) is 30.3 Å². The fourth-order valence-electron chi connectivity index (χ4n) is 3.92. The van der Waals surface area contributed by atoms with Crippen LogP contribution in [0.25, 0.3) is 0 Å². The summed E-state index contributed by atoms with van der Waals surface area (Å²) in [5.41, 5.74) is 12.2. The van der Waals surface area contributed by atoms with Gasteiger partial charge in [0, 0.05) is 12.5 Å². The van der Waals surface area contributed by atoms with Crippen LogP contribution in [-0.4, -0.2) is 47.8 Å². The number of hydrogen-bond donors (Lipinski definition) is 5. The Labute approximate surface area is 215 Å². The highest BCUT2D eigenvalue weighted by molar-refractivity contribution is 5.92. The molecule has 0 aliphatic heterocycles. The number of amides is 4. The summed E-state index contributed by atoms with van der Waals surface area (Å²) in [5, 5.41) is 8.62. The van der Waals surface area contributed by atoms with E-state index in [1.54, 1.807) is 0 Å². The molecule has 202 valence electrons. The molecule has 7 N–H and O–H groups in total. The third-order valence-corrected chi connectivity index (χ3v) is 5.77. The van der Waals surface area contributed by atoms with Gasteiger partial charge in [-0.25, -0.2) is 0 Å². The third-order valence-electron chi connectivity index (χ3n) is 5.77. The van der Waals surface area contributed by atoms with Crippen LogP contribution in [0, 0.1) is 17.8 Å². The highest BCUT2D eigenvalue weighted by Crippen LogP contribution is 2.12.